The Morgan fingerprint density at radius 1 is 1.00 bits per heavy atom. The molecule has 1 N–H and O–H groups in total. The highest BCUT2D eigenvalue weighted by Crippen LogP contribution is 2.30. The van der Waals surface area contributed by atoms with Crippen molar-refractivity contribution in [2.75, 3.05) is 0 Å². The summed E-state index contributed by atoms with van der Waals surface area (Å²) in [7, 11) is 0. The number of hydrogen-bond acceptors (Lipinski definition) is 1. The molecule has 2 rings (SSSR count). The molecule has 1 nitrogen and oxygen atoms in total. The van der Waals surface area contributed by atoms with Gasteiger partial charge in [-0.1, -0.05) is 57.9 Å². The molecule has 0 radical (unpaired) electrons. The molecule has 0 amide bonds. The summed E-state index contributed by atoms with van der Waals surface area (Å²) in [5.41, 5.74) is 4.20. The molecule has 0 bridgehead atoms. The van der Waals surface area contributed by atoms with Crippen molar-refractivity contribution in [2.45, 2.75) is 20.0 Å². The average Bonchev–Trinajstić information content (AvgIpc) is 2.29. The first kappa shape index (κ1) is 12.3. The van der Waals surface area contributed by atoms with E-state index in [4.69, 9.17) is 0 Å². The second kappa shape index (κ2) is 5.03. The van der Waals surface area contributed by atoms with Crippen molar-refractivity contribution in [3.63, 3.8) is 0 Å². The van der Waals surface area contributed by atoms with Gasteiger partial charge in [0.1, 0.15) is 6.10 Å². The van der Waals surface area contributed by atoms with Crippen LogP contribution < -0.4 is 0 Å². The molecule has 17 heavy (non-hydrogen) atoms. The molecule has 0 aliphatic carbocycles. The Kier molecular flexibility index (Phi) is 3.65. The summed E-state index contributed by atoms with van der Waals surface area (Å²) >= 11 is 3.47. The number of rotatable bonds is 2. The van der Waals surface area contributed by atoms with Gasteiger partial charge in [0.15, 0.2) is 0 Å². The fourth-order valence-corrected chi connectivity index (χ4v) is 2.50. The van der Waals surface area contributed by atoms with Crippen molar-refractivity contribution >= 4 is 15.9 Å². The Balaban J connectivity index is 2.44. The molecular weight excluding hydrogens is 276 g/mol. The highest BCUT2D eigenvalue weighted by molar-refractivity contribution is 9.10. The highest BCUT2D eigenvalue weighted by Gasteiger charge is 2.14. The molecule has 0 aliphatic heterocycles. The average molecular weight is 291 g/mol. The van der Waals surface area contributed by atoms with Crippen LogP contribution >= 0.6 is 15.9 Å². The fraction of sp³-hybridized carbons (Fsp3) is 0.200. The highest BCUT2D eigenvalue weighted by atomic mass is 79.9. The van der Waals surface area contributed by atoms with Crippen LogP contribution in [0.5, 0.6) is 0 Å². The first-order valence-electron chi connectivity index (χ1n) is 5.59. The zero-order chi connectivity index (χ0) is 12.4. The van der Waals surface area contributed by atoms with E-state index >= 15 is 0 Å². The molecule has 2 aromatic rings. The third kappa shape index (κ3) is 2.59. The molecule has 2 heteroatoms. The van der Waals surface area contributed by atoms with Crippen LogP contribution in [0.15, 0.2) is 46.9 Å². The van der Waals surface area contributed by atoms with E-state index in [-0.39, 0.29) is 0 Å². The normalized spacial score (nSPS) is 12.5. The van der Waals surface area contributed by atoms with E-state index < -0.39 is 6.10 Å². The maximum Gasteiger partial charge on any atom is 0.105 e. The summed E-state index contributed by atoms with van der Waals surface area (Å²) in [6, 6.07) is 13.9. The number of benzene rings is 2. The van der Waals surface area contributed by atoms with E-state index in [1.165, 1.54) is 5.56 Å². The van der Waals surface area contributed by atoms with Crippen LogP contribution in [-0.2, 0) is 0 Å². The van der Waals surface area contributed by atoms with Crippen LogP contribution in [0, 0.1) is 13.8 Å². The lowest BCUT2D eigenvalue weighted by atomic mass is 9.96. The molecule has 1 atom stereocenters. The number of aliphatic hydroxyl groups is 1. The van der Waals surface area contributed by atoms with Gasteiger partial charge >= 0.3 is 0 Å². The molecule has 0 aliphatic rings. The van der Waals surface area contributed by atoms with E-state index in [1.807, 2.05) is 43.3 Å². The van der Waals surface area contributed by atoms with Gasteiger partial charge in [-0.15, -0.1) is 0 Å². The predicted octanol–water partition coefficient (Wildman–Crippen LogP) is 4.15. The lowest BCUT2D eigenvalue weighted by Crippen LogP contribution is -2.03. The van der Waals surface area contributed by atoms with Gasteiger partial charge in [0, 0.05) is 4.47 Å². The summed E-state index contributed by atoms with van der Waals surface area (Å²) in [5, 5.41) is 10.4. The smallest absolute Gasteiger partial charge is 0.105 e. The summed E-state index contributed by atoms with van der Waals surface area (Å²) in [6.07, 6.45) is -0.578. The number of aryl methyl sites for hydroxylation is 2. The monoisotopic (exact) mass is 290 g/mol. The van der Waals surface area contributed by atoms with E-state index in [9.17, 15) is 5.11 Å². The van der Waals surface area contributed by atoms with Crippen molar-refractivity contribution in [3.8, 4) is 0 Å². The molecule has 0 fully saturated rings. The first-order chi connectivity index (χ1) is 8.09. The molecule has 88 valence electrons. The van der Waals surface area contributed by atoms with Gasteiger partial charge in [0.25, 0.3) is 0 Å². The Morgan fingerprint density at radius 3 is 2.35 bits per heavy atom. The van der Waals surface area contributed by atoms with Crippen molar-refractivity contribution in [3.05, 3.63) is 69.2 Å². The summed E-state index contributed by atoms with van der Waals surface area (Å²) < 4.78 is 0.937. The zero-order valence-corrected chi connectivity index (χ0v) is 11.5. The molecule has 0 spiro atoms. The van der Waals surface area contributed by atoms with Gasteiger partial charge < -0.3 is 5.11 Å². The molecule has 1 unspecified atom stereocenters. The maximum atomic E-state index is 10.4. The van der Waals surface area contributed by atoms with Crippen LogP contribution in [-0.4, -0.2) is 5.11 Å². The van der Waals surface area contributed by atoms with E-state index in [0.29, 0.717) is 0 Å². The second-order valence-corrected chi connectivity index (χ2v) is 5.14. The molecule has 0 saturated heterocycles. The largest absolute Gasteiger partial charge is 0.384 e. The first-order valence-corrected chi connectivity index (χ1v) is 6.38. The Hall–Kier alpha value is -1.12. The standard InChI is InChI=1S/C15H15BrO/c1-10-7-8-12(11(2)9-10)15(17)13-5-3-4-6-14(13)16/h3-9,15,17H,1-2H3. The summed E-state index contributed by atoms with van der Waals surface area (Å²) in [5.74, 6) is 0. The predicted molar refractivity (Wildman–Crippen MR) is 74.1 cm³/mol. The minimum Gasteiger partial charge on any atom is -0.384 e. The van der Waals surface area contributed by atoms with Crippen LogP contribution in [0.1, 0.15) is 28.4 Å². The second-order valence-electron chi connectivity index (χ2n) is 4.28. The Morgan fingerprint density at radius 2 is 1.71 bits per heavy atom. The fourth-order valence-electron chi connectivity index (χ4n) is 2.00. The lowest BCUT2D eigenvalue weighted by molar-refractivity contribution is 0.219. The molecule has 0 saturated carbocycles. The van der Waals surface area contributed by atoms with E-state index in [2.05, 4.69) is 28.9 Å². The number of halogens is 1. The van der Waals surface area contributed by atoms with Gasteiger partial charge in [-0.2, -0.15) is 0 Å². The van der Waals surface area contributed by atoms with Gasteiger partial charge in [-0.05, 0) is 36.6 Å². The summed E-state index contributed by atoms with van der Waals surface area (Å²) in [6.45, 7) is 4.09. The van der Waals surface area contributed by atoms with Crippen LogP contribution in [0.3, 0.4) is 0 Å². The van der Waals surface area contributed by atoms with Gasteiger partial charge in [-0.3, -0.25) is 0 Å². The minimum absolute atomic E-state index is 0.578. The van der Waals surface area contributed by atoms with Crippen molar-refractivity contribution in [1.82, 2.24) is 0 Å². The number of aliphatic hydroxyl groups excluding tert-OH is 1. The third-order valence-electron chi connectivity index (χ3n) is 2.92. The third-order valence-corrected chi connectivity index (χ3v) is 3.64. The van der Waals surface area contributed by atoms with Gasteiger partial charge in [0.2, 0.25) is 0 Å². The Bertz CT molecular complexity index is 534. The topological polar surface area (TPSA) is 20.2 Å². The molecule has 2 aromatic carbocycles. The van der Waals surface area contributed by atoms with Crippen molar-refractivity contribution < 1.29 is 5.11 Å². The van der Waals surface area contributed by atoms with Crippen molar-refractivity contribution in [1.29, 1.82) is 0 Å². The van der Waals surface area contributed by atoms with Crippen LogP contribution in [0.2, 0.25) is 0 Å². The quantitative estimate of drug-likeness (QED) is 0.881. The van der Waals surface area contributed by atoms with Crippen LogP contribution in [0.4, 0.5) is 0 Å². The van der Waals surface area contributed by atoms with E-state index in [1.54, 1.807) is 0 Å². The van der Waals surface area contributed by atoms with Crippen molar-refractivity contribution in [2.24, 2.45) is 0 Å². The Labute approximate surface area is 110 Å². The molecular formula is C15H15BrO. The van der Waals surface area contributed by atoms with Gasteiger partial charge in [0.05, 0.1) is 0 Å². The number of hydrogen-bond donors (Lipinski definition) is 1. The molecule has 0 heterocycles. The summed E-state index contributed by atoms with van der Waals surface area (Å²) in [4.78, 5) is 0. The SMILES string of the molecule is Cc1ccc(C(O)c2ccccc2Br)c(C)c1. The van der Waals surface area contributed by atoms with E-state index in [0.717, 1.165) is 21.2 Å². The zero-order valence-electron chi connectivity index (χ0n) is 9.94. The maximum absolute atomic E-state index is 10.4. The lowest BCUT2D eigenvalue weighted by Gasteiger charge is -2.16. The minimum atomic E-state index is -0.578. The van der Waals surface area contributed by atoms with Crippen LogP contribution in [0.25, 0.3) is 0 Å². The van der Waals surface area contributed by atoms with Gasteiger partial charge in [-0.25, -0.2) is 0 Å². The molecule has 0 aromatic heterocycles.